The van der Waals surface area contributed by atoms with Gasteiger partial charge in [0.05, 0.1) is 12.1 Å². The summed E-state index contributed by atoms with van der Waals surface area (Å²) in [6, 6.07) is 10.4. The molecule has 0 amide bonds. The molecule has 1 heterocycles. The van der Waals surface area contributed by atoms with Gasteiger partial charge in [0, 0.05) is 12.3 Å². The van der Waals surface area contributed by atoms with Gasteiger partial charge >= 0.3 is 0 Å². The fraction of sp³-hybridized carbons (Fsp3) is 0.600. The summed E-state index contributed by atoms with van der Waals surface area (Å²) >= 11 is 1.95. The highest BCUT2D eigenvalue weighted by Gasteiger charge is 2.39. The number of thioether (sulfide) groups is 1. The summed E-state index contributed by atoms with van der Waals surface area (Å²) in [4.78, 5) is 0. The first-order chi connectivity index (χ1) is 8.55. The van der Waals surface area contributed by atoms with Crippen molar-refractivity contribution in [3.63, 3.8) is 0 Å². The lowest BCUT2D eigenvalue weighted by Crippen LogP contribution is -2.55. The summed E-state index contributed by atoms with van der Waals surface area (Å²) in [5.41, 5.74) is 1.45. The number of hydrogen-bond donors (Lipinski definition) is 2. The maximum Gasteiger partial charge on any atom is 0.0621 e. The molecule has 1 aromatic rings. The second-order valence-corrected chi connectivity index (χ2v) is 7.10. The molecule has 1 fully saturated rings. The van der Waals surface area contributed by atoms with Gasteiger partial charge in [0.15, 0.2) is 0 Å². The Labute approximate surface area is 114 Å². The van der Waals surface area contributed by atoms with Crippen molar-refractivity contribution in [2.75, 3.05) is 18.1 Å². The fourth-order valence-corrected chi connectivity index (χ4v) is 4.14. The minimum atomic E-state index is -0.123. The van der Waals surface area contributed by atoms with Gasteiger partial charge in [0.2, 0.25) is 0 Å². The van der Waals surface area contributed by atoms with Gasteiger partial charge < -0.3 is 10.4 Å². The van der Waals surface area contributed by atoms with Gasteiger partial charge in [-0.3, -0.25) is 0 Å². The SMILES string of the molecule is CC1(C)CSCC(CO)(NCc2ccccc2)C1. The molecule has 18 heavy (non-hydrogen) atoms. The molecular formula is C15H23NOS. The van der Waals surface area contributed by atoms with E-state index in [0.29, 0.717) is 5.41 Å². The average Bonchev–Trinajstić information content (AvgIpc) is 2.37. The summed E-state index contributed by atoms with van der Waals surface area (Å²) in [6.45, 7) is 5.62. The van der Waals surface area contributed by atoms with Crippen LogP contribution in [0.1, 0.15) is 25.8 Å². The normalized spacial score (nSPS) is 27.1. The maximum absolute atomic E-state index is 9.78. The topological polar surface area (TPSA) is 32.3 Å². The maximum atomic E-state index is 9.78. The Morgan fingerprint density at radius 3 is 2.56 bits per heavy atom. The van der Waals surface area contributed by atoms with Crippen molar-refractivity contribution in [1.82, 2.24) is 5.32 Å². The van der Waals surface area contributed by atoms with E-state index in [-0.39, 0.29) is 12.1 Å². The molecule has 2 N–H and O–H groups in total. The van der Waals surface area contributed by atoms with Crippen molar-refractivity contribution in [2.24, 2.45) is 5.41 Å². The predicted octanol–water partition coefficient (Wildman–Crippen LogP) is 2.67. The van der Waals surface area contributed by atoms with E-state index in [9.17, 15) is 5.11 Å². The first kappa shape index (κ1) is 13.9. The Kier molecular flexibility index (Phi) is 4.36. The number of rotatable bonds is 4. The molecule has 1 unspecified atom stereocenters. The predicted molar refractivity (Wildman–Crippen MR) is 78.8 cm³/mol. The van der Waals surface area contributed by atoms with Gasteiger partial charge in [-0.05, 0) is 23.2 Å². The first-order valence-electron chi connectivity index (χ1n) is 6.53. The quantitative estimate of drug-likeness (QED) is 0.878. The van der Waals surface area contributed by atoms with Crippen LogP contribution < -0.4 is 5.32 Å². The van der Waals surface area contributed by atoms with Gasteiger partial charge in [-0.25, -0.2) is 0 Å². The van der Waals surface area contributed by atoms with E-state index >= 15 is 0 Å². The molecule has 2 rings (SSSR count). The van der Waals surface area contributed by atoms with Gasteiger partial charge in [-0.2, -0.15) is 11.8 Å². The van der Waals surface area contributed by atoms with Crippen molar-refractivity contribution in [1.29, 1.82) is 0 Å². The fourth-order valence-electron chi connectivity index (χ4n) is 2.70. The Balaban J connectivity index is 2.00. The summed E-state index contributed by atoms with van der Waals surface area (Å²) in [5.74, 6) is 2.18. The molecule has 0 bridgehead atoms. The van der Waals surface area contributed by atoms with Crippen LogP contribution in [0.25, 0.3) is 0 Å². The second kappa shape index (κ2) is 5.64. The Morgan fingerprint density at radius 2 is 1.94 bits per heavy atom. The molecule has 0 saturated carbocycles. The monoisotopic (exact) mass is 265 g/mol. The third-order valence-corrected chi connectivity index (χ3v) is 5.24. The van der Waals surface area contributed by atoms with Crippen molar-refractivity contribution in [3.8, 4) is 0 Å². The number of hydrogen-bond acceptors (Lipinski definition) is 3. The zero-order chi connectivity index (χ0) is 13.1. The largest absolute Gasteiger partial charge is 0.394 e. The molecule has 1 saturated heterocycles. The van der Waals surface area contributed by atoms with Crippen LogP contribution in [0.2, 0.25) is 0 Å². The Morgan fingerprint density at radius 1 is 1.22 bits per heavy atom. The van der Waals surface area contributed by atoms with Crippen molar-refractivity contribution >= 4 is 11.8 Å². The number of benzene rings is 1. The van der Waals surface area contributed by atoms with E-state index in [2.05, 4.69) is 43.4 Å². The van der Waals surface area contributed by atoms with E-state index in [1.807, 2.05) is 17.8 Å². The van der Waals surface area contributed by atoms with Gasteiger partial charge in [0.25, 0.3) is 0 Å². The third kappa shape index (κ3) is 3.50. The molecule has 0 aliphatic carbocycles. The highest BCUT2D eigenvalue weighted by molar-refractivity contribution is 7.99. The van der Waals surface area contributed by atoms with Crippen LogP contribution in [0.5, 0.6) is 0 Å². The van der Waals surface area contributed by atoms with Crippen LogP contribution in [0, 0.1) is 5.41 Å². The molecular weight excluding hydrogens is 242 g/mol. The highest BCUT2D eigenvalue weighted by Crippen LogP contribution is 2.39. The molecule has 100 valence electrons. The molecule has 2 nitrogen and oxygen atoms in total. The summed E-state index contributed by atoms with van der Waals surface area (Å²) in [6.07, 6.45) is 1.04. The molecule has 0 spiro atoms. The molecule has 3 heteroatoms. The molecule has 0 radical (unpaired) electrons. The van der Waals surface area contributed by atoms with E-state index in [1.54, 1.807) is 0 Å². The molecule has 0 aromatic heterocycles. The number of aliphatic hydroxyl groups excluding tert-OH is 1. The smallest absolute Gasteiger partial charge is 0.0621 e. The van der Waals surface area contributed by atoms with Gasteiger partial charge in [-0.15, -0.1) is 0 Å². The van der Waals surface area contributed by atoms with E-state index < -0.39 is 0 Å². The zero-order valence-corrected chi connectivity index (χ0v) is 12.1. The summed E-state index contributed by atoms with van der Waals surface area (Å²) in [7, 11) is 0. The summed E-state index contributed by atoms with van der Waals surface area (Å²) < 4.78 is 0. The van der Waals surface area contributed by atoms with Gasteiger partial charge in [0.1, 0.15) is 0 Å². The molecule has 1 atom stereocenters. The molecule has 1 aliphatic heterocycles. The zero-order valence-electron chi connectivity index (χ0n) is 11.3. The van der Waals surface area contributed by atoms with Crippen molar-refractivity contribution < 1.29 is 5.11 Å². The third-order valence-electron chi connectivity index (χ3n) is 3.50. The van der Waals surface area contributed by atoms with Crippen LogP contribution >= 0.6 is 11.8 Å². The van der Waals surface area contributed by atoms with Crippen LogP contribution in [-0.2, 0) is 6.54 Å². The minimum absolute atomic E-state index is 0.123. The molecule has 1 aromatic carbocycles. The van der Waals surface area contributed by atoms with E-state index in [1.165, 1.54) is 11.3 Å². The number of nitrogens with one attached hydrogen (secondary N) is 1. The van der Waals surface area contributed by atoms with E-state index in [0.717, 1.165) is 18.7 Å². The number of aliphatic hydroxyl groups is 1. The average molecular weight is 265 g/mol. The summed E-state index contributed by atoms with van der Waals surface area (Å²) in [5, 5.41) is 13.4. The van der Waals surface area contributed by atoms with Crippen LogP contribution in [0.15, 0.2) is 30.3 Å². The van der Waals surface area contributed by atoms with Crippen LogP contribution in [-0.4, -0.2) is 28.8 Å². The molecule has 1 aliphatic rings. The van der Waals surface area contributed by atoms with Crippen molar-refractivity contribution in [2.45, 2.75) is 32.4 Å². The lowest BCUT2D eigenvalue weighted by Gasteiger charge is -2.44. The van der Waals surface area contributed by atoms with Crippen LogP contribution in [0.4, 0.5) is 0 Å². The minimum Gasteiger partial charge on any atom is -0.394 e. The lowest BCUT2D eigenvalue weighted by atomic mass is 9.80. The Hall–Kier alpha value is -0.510. The van der Waals surface area contributed by atoms with E-state index in [4.69, 9.17) is 0 Å². The van der Waals surface area contributed by atoms with Crippen LogP contribution in [0.3, 0.4) is 0 Å². The lowest BCUT2D eigenvalue weighted by molar-refractivity contribution is 0.126. The standard InChI is InChI=1S/C15H23NOS/c1-14(2)9-15(10-17,12-18-11-14)16-8-13-6-4-3-5-7-13/h3-7,16-17H,8-12H2,1-2H3. The Bertz CT molecular complexity index is 379. The first-order valence-corrected chi connectivity index (χ1v) is 7.68. The second-order valence-electron chi connectivity index (χ2n) is 6.11. The van der Waals surface area contributed by atoms with Gasteiger partial charge in [-0.1, -0.05) is 44.2 Å². The van der Waals surface area contributed by atoms with Crippen molar-refractivity contribution in [3.05, 3.63) is 35.9 Å². The highest BCUT2D eigenvalue weighted by atomic mass is 32.2.